The molecular weight excluding hydrogens is 487 g/mol. The molecular formula is C25H24F3N7O2. The van der Waals surface area contributed by atoms with Crippen LogP contribution in [0.3, 0.4) is 0 Å². The summed E-state index contributed by atoms with van der Waals surface area (Å²) in [4.78, 5) is 34.4. The summed E-state index contributed by atoms with van der Waals surface area (Å²) in [6.07, 6.45) is -3.31. The number of rotatable bonds is 4. The number of urea groups is 1. The van der Waals surface area contributed by atoms with Crippen molar-refractivity contribution in [2.75, 3.05) is 18.4 Å². The second-order valence-electron chi connectivity index (χ2n) is 9.12. The largest absolute Gasteiger partial charge is 0.416 e. The molecule has 0 spiro atoms. The molecule has 0 saturated carbocycles. The van der Waals surface area contributed by atoms with E-state index in [9.17, 15) is 22.8 Å². The topological polar surface area (TPSA) is 109 Å². The molecule has 5 rings (SSSR count). The molecule has 12 heteroatoms. The Morgan fingerprint density at radius 1 is 1.08 bits per heavy atom. The number of piperidine rings is 1. The van der Waals surface area contributed by atoms with Crippen molar-refractivity contribution in [1.82, 2.24) is 29.9 Å². The highest BCUT2D eigenvalue weighted by Crippen LogP contribution is 2.30. The summed E-state index contributed by atoms with van der Waals surface area (Å²) in [5.41, 5.74) is 1.87. The Kier molecular flexibility index (Phi) is 6.40. The number of halogens is 3. The quantitative estimate of drug-likeness (QED) is 0.425. The fourth-order valence-electron chi connectivity index (χ4n) is 4.35. The van der Waals surface area contributed by atoms with Gasteiger partial charge in [-0.05, 0) is 49.6 Å². The number of fused-ring (bicyclic) bond motifs is 1. The van der Waals surface area contributed by atoms with E-state index in [2.05, 4.69) is 25.6 Å². The van der Waals surface area contributed by atoms with Crippen molar-refractivity contribution in [2.24, 2.45) is 0 Å². The van der Waals surface area contributed by atoms with Gasteiger partial charge in [-0.15, -0.1) is 5.10 Å². The zero-order valence-electron chi connectivity index (χ0n) is 19.9. The monoisotopic (exact) mass is 511 g/mol. The van der Waals surface area contributed by atoms with Crippen LogP contribution in [0.4, 0.5) is 23.7 Å². The molecule has 192 valence electrons. The Labute approximate surface area is 209 Å². The van der Waals surface area contributed by atoms with Gasteiger partial charge in [0.1, 0.15) is 5.82 Å². The lowest BCUT2D eigenvalue weighted by atomic mass is 9.96. The van der Waals surface area contributed by atoms with Crippen LogP contribution in [0, 0.1) is 6.92 Å². The molecule has 9 nitrogen and oxygen atoms in total. The summed E-state index contributed by atoms with van der Waals surface area (Å²) in [6.45, 7) is 3.24. The number of alkyl halides is 3. The lowest BCUT2D eigenvalue weighted by molar-refractivity contribution is -0.137. The van der Waals surface area contributed by atoms with E-state index in [1.165, 1.54) is 12.1 Å². The summed E-state index contributed by atoms with van der Waals surface area (Å²) < 4.78 is 39.8. The van der Waals surface area contributed by atoms with Crippen LogP contribution in [0.1, 0.15) is 41.3 Å². The first-order valence-corrected chi connectivity index (χ1v) is 11.8. The summed E-state index contributed by atoms with van der Waals surface area (Å²) >= 11 is 0. The van der Waals surface area contributed by atoms with Gasteiger partial charge < -0.3 is 15.2 Å². The number of hydrogen-bond acceptors (Lipinski definition) is 5. The predicted molar refractivity (Wildman–Crippen MR) is 130 cm³/mol. The second kappa shape index (κ2) is 9.68. The van der Waals surface area contributed by atoms with Gasteiger partial charge in [0.25, 0.3) is 5.56 Å². The van der Waals surface area contributed by atoms with Gasteiger partial charge >= 0.3 is 12.2 Å². The molecule has 0 unspecified atom stereocenters. The summed E-state index contributed by atoms with van der Waals surface area (Å²) in [5, 5.41) is 10.7. The zero-order valence-corrected chi connectivity index (χ0v) is 19.9. The molecule has 0 bridgehead atoms. The van der Waals surface area contributed by atoms with Crippen LogP contribution < -0.4 is 10.9 Å². The van der Waals surface area contributed by atoms with Gasteiger partial charge in [0.05, 0.1) is 12.1 Å². The normalized spacial score (nSPS) is 14.8. The van der Waals surface area contributed by atoms with E-state index in [-0.39, 0.29) is 22.7 Å². The number of carbonyl (C=O) groups excluding carboxylic acids is 1. The van der Waals surface area contributed by atoms with E-state index in [0.29, 0.717) is 43.9 Å². The van der Waals surface area contributed by atoms with Gasteiger partial charge in [0.2, 0.25) is 0 Å². The zero-order chi connectivity index (χ0) is 26.2. The maximum Gasteiger partial charge on any atom is 0.416 e. The number of benzene rings is 2. The van der Waals surface area contributed by atoms with Crippen molar-refractivity contribution in [3.8, 4) is 0 Å². The molecule has 1 aliphatic rings. The number of anilines is 1. The summed E-state index contributed by atoms with van der Waals surface area (Å²) in [7, 11) is 0. The molecule has 2 N–H and O–H groups in total. The minimum atomic E-state index is -4.43. The lowest BCUT2D eigenvalue weighted by Gasteiger charge is -2.31. The first kappa shape index (κ1) is 24.5. The number of hydrogen-bond donors (Lipinski definition) is 2. The van der Waals surface area contributed by atoms with Crippen molar-refractivity contribution in [3.05, 3.63) is 81.4 Å². The molecule has 1 saturated heterocycles. The third kappa shape index (κ3) is 5.32. The van der Waals surface area contributed by atoms with Crippen LogP contribution in [-0.4, -0.2) is 49.0 Å². The van der Waals surface area contributed by atoms with E-state index in [1.807, 2.05) is 31.2 Å². The Morgan fingerprint density at radius 2 is 1.76 bits per heavy atom. The molecule has 1 fully saturated rings. The minimum absolute atomic E-state index is 0.0741. The van der Waals surface area contributed by atoms with Crippen LogP contribution in [-0.2, 0) is 12.7 Å². The van der Waals surface area contributed by atoms with Crippen LogP contribution in [0.2, 0.25) is 0 Å². The minimum Gasteiger partial charge on any atom is -0.324 e. The van der Waals surface area contributed by atoms with E-state index in [1.54, 1.807) is 9.58 Å². The van der Waals surface area contributed by atoms with Crippen LogP contribution in [0.15, 0.2) is 53.3 Å². The summed E-state index contributed by atoms with van der Waals surface area (Å²) in [6, 6.07) is 11.9. The number of aromatic amines is 1. The highest BCUT2D eigenvalue weighted by molar-refractivity contribution is 5.89. The molecule has 0 aliphatic carbocycles. The first-order valence-electron chi connectivity index (χ1n) is 11.8. The number of likely N-dealkylation sites (tertiary alicyclic amines) is 1. The highest BCUT2D eigenvalue weighted by Gasteiger charge is 2.30. The maximum atomic E-state index is 12.7. The van der Waals surface area contributed by atoms with Crippen molar-refractivity contribution in [3.63, 3.8) is 0 Å². The highest BCUT2D eigenvalue weighted by atomic mass is 19.4. The molecule has 2 aromatic carbocycles. The number of H-pyrrole nitrogens is 1. The van der Waals surface area contributed by atoms with E-state index >= 15 is 0 Å². The average Bonchev–Trinajstić information content (AvgIpc) is 3.28. The SMILES string of the molecule is Cc1ccc(Cn2nnc3c(=O)[nH]c(C4CCN(C(=O)Nc5ccc(C(F)(F)F)cc5)CC4)nc32)cc1. The van der Waals surface area contributed by atoms with Gasteiger partial charge in [0.15, 0.2) is 11.2 Å². The Bertz CT molecular complexity index is 1470. The molecule has 2 amide bonds. The number of aromatic nitrogens is 5. The Morgan fingerprint density at radius 3 is 2.41 bits per heavy atom. The second-order valence-corrected chi connectivity index (χ2v) is 9.12. The van der Waals surface area contributed by atoms with Crippen molar-refractivity contribution >= 4 is 22.9 Å². The molecule has 0 atom stereocenters. The van der Waals surface area contributed by atoms with Gasteiger partial charge in [-0.1, -0.05) is 35.0 Å². The molecule has 0 radical (unpaired) electrons. The smallest absolute Gasteiger partial charge is 0.324 e. The third-order valence-electron chi connectivity index (χ3n) is 6.48. The number of carbonyl (C=O) groups is 1. The lowest BCUT2D eigenvalue weighted by Crippen LogP contribution is -2.41. The molecule has 1 aliphatic heterocycles. The Balaban J connectivity index is 1.25. The number of amides is 2. The Hall–Kier alpha value is -4.22. The van der Waals surface area contributed by atoms with E-state index < -0.39 is 17.8 Å². The number of nitrogens with one attached hydrogen (secondary N) is 2. The molecule has 2 aromatic heterocycles. The fraction of sp³-hybridized carbons (Fsp3) is 0.320. The third-order valence-corrected chi connectivity index (χ3v) is 6.48. The predicted octanol–water partition coefficient (Wildman–Crippen LogP) is 4.30. The van der Waals surface area contributed by atoms with Crippen molar-refractivity contribution < 1.29 is 18.0 Å². The van der Waals surface area contributed by atoms with Gasteiger partial charge in [-0.2, -0.15) is 13.2 Å². The van der Waals surface area contributed by atoms with Crippen LogP contribution >= 0.6 is 0 Å². The van der Waals surface area contributed by atoms with Crippen LogP contribution in [0.25, 0.3) is 11.2 Å². The van der Waals surface area contributed by atoms with Gasteiger partial charge in [-0.3, -0.25) is 4.79 Å². The van der Waals surface area contributed by atoms with E-state index in [4.69, 9.17) is 0 Å². The number of aryl methyl sites for hydroxylation is 1. The van der Waals surface area contributed by atoms with E-state index in [0.717, 1.165) is 23.3 Å². The fourth-order valence-corrected chi connectivity index (χ4v) is 4.35. The van der Waals surface area contributed by atoms with Crippen LogP contribution in [0.5, 0.6) is 0 Å². The van der Waals surface area contributed by atoms with Crippen molar-refractivity contribution in [1.29, 1.82) is 0 Å². The average molecular weight is 512 g/mol. The maximum absolute atomic E-state index is 12.7. The van der Waals surface area contributed by atoms with Crippen molar-refractivity contribution in [2.45, 2.75) is 38.4 Å². The standard InChI is InChI=1S/C25H24F3N7O2/c1-15-2-4-16(5-3-15)14-35-22-20(32-33-35)23(36)31-21(30-22)17-10-12-34(13-11-17)24(37)29-19-8-6-18(7-9-19)25(26,27)28/h2-9,17H,10-14H2,1H3,(H,29,37)(H,30,31,36). The molecule has 4 aromatic rings. The first-order chi connectivity index (χ1) is 17.7. The molecule has 3 heterocycles. The molecule has 37 heavy (non-hydrogen) atoms. The van der Waals surface area contributed by atoms with Gasteiger partial charge in [0, 0.05) is 24.7 Å². The number of nitrogens with zero attached hydrogens (tertiary/aromatic N) is 5. The van der Waals surface area contributed by atoms with Gasteiger partial charge in [-0.25, -0.2) is 14.5 Å². The summed E-state index contributed by atoms with van der Waals surface area (Å²) in [5.74, 6) is 0.447.